The van der Waals surface area contributed by atoms with E-state index in [1.165, 1.54) is 0 Å². The molecule has 0 aromatic carbocycles. The maximum Gasteiger partial charge on any atom is 0.311 e. The number of ether oxygens (including phenoxy) is 2. The Bertz CT molecular complexity index is 659. The van der Waals surface area contributed by atoms with Crippen LogP contribution in [0.1, 0.15) is 45.1 Å². The van der Waals surface area contributed by atoms with Crippen LogP contribution < -0.4 is 5.32 Å². The number of nitrogens with zero attached hydrogens (tertiary/aromatic N) is 2. The molecule has 1 aromatic heterocycles. The molecule has 3 saturated carbocycles. The van der Waals surface area contributed by atoms with Crippen LogP contribution in [0.5, 0.6) is 0 Å². The Morgan fingerprint density at radius 3 is 2.69 bits per heavy atom. The highest BCUT2D eigenvalue weighted by atomic mass is 35.5. The lowest BCUT2D eigenvalue weighted by molar-refractivity contribution is -0.154. The Hall–Kier alpha value is -1.82. The first-order valence-electron chi connectivity index (χ1n) is 9.37. The number of rotatable bonds is 7. The van der Waals surface area contributed by atoms with Gasteiger partial charge in [0.15, 0.2) is 0 Å². The Labute approximate surface area is 159 Å². The molecule has 26 heavy (non-hydrogen) atoms. The molecule has 6 nitrogen and oxygen atoms in total. The zero-order chi connectivity index (χ0) is 18.5. The van der Waals surface area contributed by atoms with Gasteiger partial charge in [-0.05, 0) is 69.0 Å². The molecule has 142 valence electrons. The Balaban J connectivity index is 1.85. The molecule has 0 unspecified atom stereocenters. The first-order chi connectivity index (χ1) is 12.6. The summed E-state index contributed by atoms with van der Waals surface area (Å²) in [6.07, 6.45) is 9.52. The molecule has 1 heterocycles. The van der Waals surface area contributed by atoms with Crippen LogP contribution in [0, 0.1) is 17.8 Å². The summed E-state index contributed by atoms with van der Waals surface area (Å²) in [4.78, 5) is 21.0. The highest BCUT2D eigenvalue weighted by molar-refractivity contribution is 6.28. The number of nitrogens with one attached hydrogen (secondary N) is 1. The van der Waals surface area contributed by atoms with Crippen molar-refractivity contribution in [3.63, 3.8) is 0 Å². The standard InChI is InChI=1S/C19H26ClN3O3/c1-3-25-10-9-14-11-21-19(20)23-17(14)22-16-13-7-5-12(6-8-13)15(16)18(24)26-4-2/h9-13,15-16H,3-8H2,1-2H3,(H,21,22,23)/b10-9+/t12?,13?,15-,16-/m0/s1. The zero-order valence-electron chi connectivity index (χ0n) is 15.3. The Morgan fingerprint density at radius 2 is 2.00 bits per heavy atom. The summed E-state index contributed by atoms with van der Waals surface area (Å²) in [6, 6.07) is 0.00626. The average molecular weight is 380 g/mol. The lowest BCUT2D eigenvalue weighted by atomic mass is 9.61. The van der Waals surface area contributed by atoms with Crippen LogP contribution in [-0.2, 0) is 14.3 Å². The minimum atomic E-state index is -0.139. The summed E-state index contributed by atoms with van der Waals surface area (Å²) in [5, 5.41) is 3.67. The number of carbonyl (C=O) groups excluding carboxylic acids is 1. The molecule has 3 aliphatic carbocycles. The second kappa shape index (κ2) is 8.71. The number of fused-ring (bicyclic) bond motifs is 3. The molecule has 2 bridgehead atoms. The summed E-state index contributed by atoms with van der Waals surface area (Å²) < 4.78 is 10.6. The van der Waals surface area contributed by atoms with Gasteiger partial charge in [-0.25, -0.2) is 9.97 Å². The smallest absolute Gasteiger partial charge is 0.311 e. The summed E-state index contributed by atoms with van der Waals surface area (Å²) >= 11 is 6.01. The minimum absolute atomic E-state index is 0.00626. The third-order valence-corrected chi connectivity index (χ3v) is 5.56. The van der Waals surface area contributed by atoms with Crippen molar-refractivity contribution in [2.75, 3.05) is 18.5 Å². The maximum atomic E-state index is 12.6. The van der Waals surface area contributed by atoms with Crippen molar-refractivity contribution in [1.82, 2.24) is 9.97 Å². The molecule has 0 aliphatic heterocycles. The highest BCUT2D eigenvalue weighted by Crippen LogP contribution is 2.46. The second-order valence-corrected chi connectivity index (χ2v) is 7.16. The van der Waals surface area contributed by atoms with Gasteiger partial charge in [-0.3, -0.25) is 4.79 Å². The van der Waals surface area contributed by atoms with Crippen LogP contribution >= 0.6 is 11.6 Å². The van der Waals surface area contributed by atoms with E-state index in [2.05, 4.69) is 15.3 Å². The van der Waals surface area contributed by atoms with Crippen molar-refractivity contribution in [3.05, 3.63) is 23.3 Å². The first kappa shape index (κ1) is 19.0. The molecule has 2 atom stereocenters. The summed E-state index contributed by atoms with van der Waals surface area (Å²) in [5.74, 6) is 1.20. The van der Waals surface area contributed by atoms with Crippen LogP contribution in [-0.4, -0.2) is 35.2 Å². The molecule has 0 radical (unpaired) electrons. The number of hydrogen-bond donors (Lipinski definition) is 1. The molecule has 0 amide bonds. The van der Waals surface area contributed by atoms with E-state index in [0.29, 0.717) is 30.9 Å². The van der Waals surface area contributed by atoms with Crippen molar-refractivity contribution in [3.8, 4) is 0 Å². The predicted molar refractivity (Wildman–Crippen MR) is 101 cm³/mol. The molecule has 0 spiro atoms. The lowest BCUT2D eigenvalue weighted by Crippen LogP contribution is -2.52. The molecule has 1 aromatic rings. The van der Waals surface area contributed by atoms with Gasteiger partial charge in [0.1, 0.15) is 5.82 Å². The monoisotopic (exact) mass is 379 g/mol. The summed E-state index contributed by atoms with van der Waals surface area (Å²) in [7, 11) is 0. The molecular weight excluding hydrogens is 354 g/mol. The number of esters is 1. The van der Waals surface area contributed by atoms with Crippen LogP contribution in [0.4, 0.5) is 5.82 Å². The van der Waals surface area contributed by atoms with Gasteiger partial charge >= 0.3 is 5.97 Å². The topological polar surface area (TPSA) is 73.3 Å². The van der Waals surface area contributed by atoms with E-state index in [4.69, 9.17) is 21.1 Å². The van der Waals surface area contributed by atoms with Crippen LogP contribution in [0.2, 0.25) is 5.28 Å². The van der Waals surface area contributed by atoms with Crippen molar-refractivity contribution in [2.45, 2.75) is 45.6 Å². The van der Waals surface area contributed by atoms with E-state index >= 15 is 0 Å². The number of carbonyl (C=O) groups is 1. The number of halogens is 1. The van der Waals surface area contributed by atoms with E-state index in [1.807, 2.05) is 19.9 Å². The van der Waals surface area contributed by atoms with Gasteiger partial charge < -0.3 is 14.8 Å². The third-order valence-electron chi connectivity index (χ3n) is 5.38. The average Bonchev–Trinajstić information content (AvgIpc) is 2.64. The van der Waals surface area contributed by atoms with Gasteiger partial charge in [-0.1, -0.05) is 0 Å². The van der Waals surface area contributed by atoms with Crippen molar-refractivity contribution in [2.24, 2.45) is 17.8 Å². The summed E-state index contributed by atoms with van der Waals surface area (Å²) in [6.45, 7) is 4.76. The van der Waals surface area contributed by atoms with Gasteiger partial charge in [0, 0.05) is 17.8 Å². The molecule has 3 fully saturated rings. The van der Waals surface area contributed by atoms with Crippen molar-refractivity contribution in [1.29, 1.82) is 0 Å². The van der Waals surface area contributed by atoms with E-state index < -0.39 is 0 Å². The molecule has 7 heteroatoms. The summed E-state index contributed by atoms with van der Waals surface area (Å²) in [5.41, 5.74) is 0.784. The molecule has 4 rings (SSSR count). The maximum absolute atomic E-state index is 12.6. The first-order valence-corrected chi connectivity index (χ1v) is 9.75. The molecule has 3 aliphatic rings. The van der Waals surface area contributed by atoms with Gasteiger partial charge in [0.2, 0.25) is 5.28 Å². The molecular formula is C19H26ClN3O3. The largest absolute Gasteiger partial charge is 0.501 e. The van der Waals surface area contributed by atoms with Crippen LogP contribution in [0.15, 0.2) is 12.5 Å². The molecule has 0 saturated heterocycles. The van der Waals surface area contributed by atoms with Gasteiger partial charge in [-0.15, -0.1) is 0 Å². The fourth-order valence-electron chi connectivity index (χ4n) is 4.22. The van der Waals surface area contributed by atoms with Crippen molar-refractivity contribution < 1.29 is 14.3 Å². The van der Waals surface area contributed by atoms with Gasteiger partial charge in [0.05, 0.1) is 25.4 Å². The van der Waals surface area contributed by atoms with E-state index in [-0.39, 0.29) is 23.2 Å². The van der Waals surface area contributed by atoms with Gasteiger partial charge in [0.25, 0.3) is 0 Å². The minimum Gasteiger partial charge on any atom is -0.501 e. The number of anilines is 1. The number of hydrogen-bond acceptors (Lipinski definition) is 6. The number of aromatic nitrogens is 2. The van der Waals surface area contributed by atoms with E-state index in [9.17, 15) is 4.79 Å². The highest BCUT2D eigenvalue weighted by Gasteiger charge is 2.48. The van der Waals surface area contributed by atoms with E-state index in [1.54, 1.807) is 12.5 Å². The van der Waals surface area contributed by atoms with E-state index in [0.717, 1.165) is 31.2 Å². The van der Waals surface area contributed by atoms with Crippen molar-refractivity contribution >= 4 is 29.5 Å². The van der Waals surface area contributed by atoms with Crippen LogP contribution in [0.25, 0.3) is 6.08 Å². The van der Waals surface area contributed by atoms with Crippen LogP contribution in [0.3, 0.4) is 0 Å². The normalized spacial score (nSPS) is 27.5. The fraction of sp³-hybridized carbons (Fsp3) is 0.632. The SMILES string of the molecule is CCO/C=C/c1cnc(Cl)nc1N[C@H]1C2CCC(CC2)[C@@H]1C(=O)OCC. The second-order valence-electron chi connectivity index (χ2n) is 6.82. The quantitative estimate of drug-likeness (QED) is 0.439. The predicted octanol–water partition coefficient (Wildman–Crippen LogP) is 3.92. The Morgan fingerprint density at radius 1 is 1.27 bits per heavy atom. The Kier molecular flexibility index (Phi) is 6.35. The fourth-order valence-corrected chi connectivity index (χ4v) is 4.35. The molecule has 1 N–H and O–H groups in total. The lowest BCUT2D eigenvalue weighted by Gasteiger charge is -2.47. The zero-order valence-corrected chi connectivity index (χ0v) is 16.0. The third kappa shape index (κ3) is 4.11. The van der Waals surface area contributed by atoms with Gasteiger partial charge in [-0.2, -0.15) is 0 Å².